The fourth-order valence-corrected chi connectivity index (χ4v) is 1.25. The van der Waals surface area contributed by atoms with Crippen LogP contribution in [0, 0.1) is 0 Å². The number of esters is 1. The van der Waals surface area contributed by atoms with Crippen molar-refractivity contribution in [3.05, 3.63) is 24.3 Å². The number of nitrogens with one attached hydrogen (secondary N) is 1. The summed E-state index contributed by atoms with van der Waals surface area (Å²) in [6.45, 7) is 0. The fraction of sp³-hybridized carbons (Fsp3) is 0.200. The van der Waals surface area contributed by atoms with E-state index in [4.69, 9.17) is 4.74 Å². The van der Waals surface area contributed by atoms with Crippen molar-refractivity contribution >= 4 is 49.4 Å². The number of carbonyl (C=O) groups excluding carboxylic acids is 2. The summed E-state index contributed by atoms with van der Waals surface area (Å²) in [5.41, 5.74) is 0.587. The minimum Gasteiger partial charge on any atom is -0.426 e. The first-order chi connectivity index (χ1) is 7.65. The number of carbonyl (C=O) groups is 2. The molecule has 0 aliphatic rings. The molecule has 1 aromatic carbocycles. The highest BCUT2D eigenvalue weighted by atomic mass is 79.9. The first kappa shape index (κ1) is 13.2. The van der Waals surface area contributed by atoms with E-state index < -0.39 is 0 Å². The Hall–Kier alpha value is -0.880. The summed E-state index contributed by atoms with van der Waals surface area (Å²) in [7, 11) is 0. The highest BCUT2D eigenvalue weighted by molar-refractivity contribution is 9.09. The van der Waals surface area contributed by atoms with Crippen LogP contribution in [0.1, 0.15) is 0 Å². The number of amides is 1. The molecule has 0 radical (unpaired) electrons. The molecule has 6 heteroatoms. The van der Waals surface area contributed by atoms with Crippen LogP contribution in [0.4, 0.5) is 5.69 Å². The van der Waals surface area contributed by atoms with Crippen LogP contribution in [-0.4, -0.2) is 22.5 Å². The lowest BCUT2D eigenvalue weighted by Gasteiger charge is -2.06. The summed E-state index contributed by atoms with van der Waals surface area (Å²) in [5, 5.41) is 2.99. The molecule has 0 saturated heterocycles. The van der Waals surface area contributed by atoms with Gasteiger partial charge in [-0.05, 0) is 12.1 Å². The molecule has 0 atom stereocenters. The van der Waals surface area contributed by atoms with Crippen LogP contribution in [0.3, 0.4) is 0 Å². The second-order valence-electron chi connectivity index (χ2n) is 2.82. The summed E-state index contributed by atoms with van der Waals surface area (Å²) in [4.78, 5) is 22.1. The minimum absolute atomic E-state index is 0.130. The van der Waals surface area contributed by atoms with E-state index in [1.807, 2.05) is 0 Å². The van der Waals surface area contributed by atoms with Gasteiger partial charge in [0.25, 0.3) is 0 Å². The SMILES string of the molecule is O=C(CBr)Nc1cccc(OC(=O)CBr)c1. The smallest absolute Gasteiger partial charge is 0.321 e. The van der Waals surface area contributed by atoms with Gasteiger partial charge >= 0.3 is 5.97 Å². The molecule has 0 heterocycles. The number of ether oxygens (including phenoxy) is 1. The second kappa shape index (κ2) is 6.65. The molecule has 0 bridgehead atoms. The zero-order chi connectivity index (χ0) is 12.0. The van der Waals surface area contributed by atoms with Crippen LogP contribution < -0.4 is 10.1 Å². The van der Waals surface area contributed by atoms with Crippen molar-refractivity contribution in [2.24, 2.45) is 0 Å². The predicted molar refractivity (Wildman–Crippen MR) is 68.3 cm³/mol. The fourth-order valence-electron chi connectivity index (χ4n) is 0.990. The lowest BCUT2D eigenvalue weighted by atomic mass is 10.3. The molecule has 0 aliphatic carbocycles. The van der Waals surface area contributed by atoms with Crippen molar-refractivity contribution in [2.75, 3.05) is 16.0 Å². The minimum atomic E-state index is -0.385. The van der Waals surface area contributed by atoms with Crippen LogP contribution in [0.5, 0.6) is 5.75 Å². The first-order valence-corrected chi connectivity index (χ1v) is 6.62. The number of hydrogen-bond donors (Lipinski definition) is 1. The average Bonchev–Trinajstić information content (AvgIpc) is 2.29. The van der Waals surface area contributed by atoms with Gasteiger partial charge in [0.15, 0.2) is 0 Å². The Morgan fingerprint density at radius 2 is 2.00 bits per heavy atom. The topological polar surface area (TPSA) is 55.4 Å². The molecule has 4 nitrogen and oxygen atoms in total. The van der Waals surface area contributed by atoms with Crippen LogP contribution >= 0.6 is 31.9 Å². The Morgan fingerprint density at radius 1 is 1.25 bits per heavy atom. The molecule has 0 saturated carbocycles. The number of hydrogen-bond acceptors (Lipinski definition) is 3. The molecule has 16 heavy (non-hydrogen) atoms. The Balaban J connectivity index is 2.71. The maximum atomic E-state index is 11.1. The van der Waals surface area contributed by atoms with E-state index >= 15 is 0 Å². The monoisotopic (exact) mass is 349 g/mol. The van der Waals surface area contributed by atoms with E-state index in [2.05, 4.69) is 37.2 Å². The Morgan fingerprint density at radius 3 is 2.62 bits per heavy atom. The zero-order valence-electron chi connectivity index (χ0n) is 8.20. The molecule has 1 aromatic rings. The largest absolute Gasteiger partial charge is 0.426 e. The summed E-state index contributed by atoms with van der Waals surface area (Å²) in [6, 6.07) is 6.64. The van der Waals surface area contributed by atoms with Gasteiger partial charge in [0, 0.05) is 11.8 Å². The number of anilines is 1. The Bertz CT molecular complexity index is 362. The van der Waals surface area contributed by atoms with E-state index in [9.17, 15) is 9.59 Å². The summed E-state index contributed by atoms with van der Waals surface area (Å²) in [5.74, 6) is -0.148. The highest BCUT2D eigenvalue weighted by Gasteiger charge is 2.04. The van der Waals surface area contributed by atoms with Crippen LogP contribution in [-0.2, 0) is 9.59 Å². The molecule has 1 N–H and O–H groups in total. The van der Waals surface area contributed by atoms with E-state index in [0.717, 1.165) is 0 Å². The number of halogens is 2. The maximum Gasteiger partial charge on any atom is 0.321 e. The summed E-state index contributed by atoms with van der Waals surface area (Å²) < 4.78 is 4.97. The van der Waals surface area contributed by atoms with Crippen molar-refractivity contribution in [3.63, 3.8) is 0 Å². The van der Waals surface area contributed by atoms with Gasteiger partial charge in [0.1, 0.15) is 11.1 Å². The number of alkyl halides is 2. The van der Waals surface area contributed by atoms with Gasteiger partial charge in [-0.1, -0.05) is 37.9 Å². The molecular formula is C10H9Br2NO3. The third-order valence-corrected chi connectivity index (χ3v) is 2.55. The Labute approximate surface area is 110 Å². The Kier molecular flexibility index (Phi) is 5.48. The van der Waals surface area contributed by atoms with E-state index in [1.165, 1.54) is 0 Å². The third-order valence-electron chi connectivity index (χ3n) is 1.58. The lowest BCUT2D eigenvalue weighted by Crippen LogP contribution is -2.13. The van der Waals surface area contributed by atoms with Gasteiger partial charge in [-0.15, -0.1) is 0 Å². The van der Waals surface area contributed by atoms with E-state index in [1.54, 1.807) is 24.3 Å². The summed E-state index contributed by atoms with van der Waals surface area (Å²) >= 11 is 6.03. The molecule has 0 spiro atoms. The third kappa shape index (κ3) is 4.32. The van der Waals surface area contributed by atoms with Gasteiger partial charge in [0.05, 0.1) is 5.33 Å². The van der Waals surface area contributed by atoms with Gasteiger partial charge in [-0.25, -0.2) is 0 Å². The highest BCUT2D eigenvalue weighted by Crippen LogP contribution is 2.17. The van der Waals surface area contributed by atoms with Crippen molar-refractivity contribution in [1.29, 1.82) is 0 Å². The molecule has 0 aliphatic heterocycles. The lowest BCUT2D eigenvalue weighted by molar-refractivity contribution is -0.131. The van der Waals surface area contributed by atoms with Gasteiger partial charge in [0.2, 0.25) is 5.91 Å². The zero-order valence-corrected chi connectivity index (χ0v) is 11.4. The van der Waals surface area contributed by atoms with Gasteiger partial charge in [-0.3, -0.25) is 9.59 Å². The van der Waals surface area contributed by atoms with Gasteiger partial charge < -0.3 is 10.1 Å². The molecule has 0 unspecified atom stereocenters. The van der Waals surface area contributed by atoms with E-state index in [0.29, 0.717) is 11.4 Å². The van der Waals surface area contributed by atoms with Crippen LogP contribution in [0.15, 0.2) is 24.3 Å². The van der Waals surface area contributed by atoms with Crippen LogP contribution in [0.2, 0.25) is 0 Å². The molecule has 0 aromatic heterocycles. The molecule has 86 valence electrons. The van der Waals surface area contributed by atoms with E-state index in [-0.39, 0.29) is 22.5 Å². The average molecular weight is 351 g/mol. The van der Waals surface area contributed by atoms with Gasteiger partial charge in [-0.2, -0.15) is 0 Å². The predicted octanol–water partition coefficient (Wildman–Crippen LogP) is 2.32. The summed E-state index contributed by atoms with van der Waals surface area (Å²) in [6.07, 6.45) is 0. The number of benzene rings is 1. The first-order valence-electron chi connectivity index (χ1n) is 4.38. The van der Waals surface area contributed by atoms with Crippen molar-refractivity contribution < 1.29 is 14.3 Å². The molecule has 1 rings (SSSR count). The van der Waals surface area contributed by atoms with Crippen LogP contribution in [0.25, 0.3) is 0 Å². The quantitative estimate of drug-likeness (QED) is 0.515. The van der Waals surface area contributed by atoms with Crippen molar-refractivity contribution in [2.45, 2.75) is 0 Å². The van der Waals surface area contributed by atoms with Crippen molar-refractivity contribution in [1.82, 2.24) is 0 Å². The molecular weight excluding hydrogens is 342 g/mol. The standard InChI is InChI=1S/C10H9Br2NO3/c11-5-9(14)13-7-2-1-3-8(4-7)16-10(15)6-12/h1-4H,5-6H2,(H,13,14). The normalized spacial score (nSPS) is 9.62. The number of rotatable bonds is 4. The van der Waals surface area contributed by atoms with Crippen molar-refractivity contribution in [3.8, 4) is 5.75 Å². The maximum absolute atomic E-state index is 11.1. The molecule has 1 amide bonds. The second-order valence-corrected chi connectivity index (χ2v) is 3.94. The molecule has 0 fully saturated rings.